The van der Waals surface area contributed by atoms with E-state index in [0.717, 1.165) is 6.29 Å². The van der Waals surface area contributed by atoms with Crippen LogP contribution >= 0.6 is 0 Å². The molecule has 1 aromatic rings. The molecule has 0 aromatic heterocycles. The molecule has 0 N–H and O–H groups in total. The van der Waals surface area contributed by atoms with Crippen molar-refractivity contribution in [3.05, 3.63) is 47.5 Å². The molecule has 0 aliphatic rings. The highest BCUT2D eigenvalue weighted by atomic mass is 16.1. The first-order valence-electron chi connectivity index (χ1n) is 5.30. The Morgan fingerprint density at radius 2 is 1.87 bits per heavy atom. The van der Waals surface area contributed by atoms with E-state index >= 15 is 0 Å². The van der Waals surface area contributed by atoms with Crippen molar-refractivity contribution in [1.82, 2.24) is 0 Å². The minimum atomic E-state index is 0.112. The lowest BCUT2D eigenvalue weighted by atomic mass is 9.91. The van der Waals surface area contributed by atoms with E-state index in [1.807, 2.05) is 19.1 Å². The average Bonchev–Trinajstić information content (AvgIpc) is 2.27. The summed E-state index contributed by atoms with van der Waals surface area (Å²) in [5.41, 5.74) is 3.10. The summed E-state index contributed by atoms with van der Waals surface area (Å²) in [6.45, 7) is 10.1. The monoisotopic (exact) mass is 202 g/mol. The quantitative estimate of drug-likeness (QED) is 0.538. The third kappa shape index (κ3) is 2.79. The number of hydrogen-bond donors (Lipinski definition) is 0. The molecule has 0 amide bonds. The van der Waals surface area contributed by atoms with Crippen LogP contribution < -0.4 is 0 Å². The fraction of sp³-hybridized carbons (Fsp3) is 0.357. The van der Waals surface area contributed by atoms with E-state index in [1.54, 1.807) is 0 Å². The molecule has 0 saturated carbocycles. The van der Waals surface area contributed by atoms with Crippen LogP contribution in [0, 0.1) is 0 Å². The van der Waals surface area contributed by atoms with Gasteiger partial charge in [0.2, 0.25) is 0 Å². The Morgan fingerprint density at radius 1 is 1.27 bits per heavy atom. The topological polar surface area (TPSA) is 17.1 Å². The average molecular weight is 202 g/mol. The fourth-order valence-electron chi connectivity index (χ4n) is 1.50. The molecule has 15 heavy (non-hydrogen) atoms. The van der Waals surface area contributed by atoms with Gasteiger partial charge in [0.15, 0.2) is 0 Å². The number of aldehydes is 1. The standard InChI is InChI=1S/C14H18O/c1-10(2)13-6-5-7-14(8-13)12(4)11(3)9-15/h5-10,12H,3H2,1-2,4H3. The molecule has 0 radical (unpaired) electrons. The molecule has 80 valence electrons. The summed E-state index contributed by atoms with van der Waals surface area (Å²) in [4.78, 5) is 10.6. The molecule has 0 aliphatic carbocycles. The zero-order valence-electron chi connectivity index (χ0n) is 9.66. The minimum absolute atomic E-state index is 0.112. The molecule has 1 nitrogen and oxygen atoms in total. The van der Waals surface area contributed by atoms with Crippen molar-refractivity contribution in [1.29, 1.82) is 0 Å². The number of benzene rings is 1. The summed E-state index contributed by atoms with van der Waals surface area (Å²) in [5.74, 6) is 0.628. The van der Waals surface area contributed by atoms with E-state index in [0.29, 0.717) is 11.5 Å². The fourth-order valence-corrected chi connectivity index (χ4v) is 1.50. The molecule has 1 heteroatoms. The van der Waals surface area contributed by atoms with Gasteiger partial charge in [-0.2, -0.15) is 0 Å². The van der Waals surface area contributed by atoms with Gasteiger partial charge in [-0.3, -0.25) is 4.79 Å². The highest BCUT2D eigenvalue weighted by Crippen LogP contribution is 2.24. The van der Waals surface area contributed by atoms with Gasteiger partial charge < -0.3 is 0 Å². The maximum absolute atomic E-state index is 10.6. The summed E-state index contributed by atoms with van der Waals surface area (Å²) >= 11 is 0. The highest BCUT2D eigenvalue weighted by Gasteiger charge is 2.09. The van der Waals surface area contributed by atoms with Gasteiger partial charge in [0, 0.05) is 5.92 Å². The van der Waals surface area contributed by atoms with Crippen LogP contribution in [0.4, 0.5) is 0 Å². The number of hydrogen-bond acceptors (Lipinski definition) is 1. The molecule has 1 rings (SSSR count). The Labute approximate surface area is 91.8 Å². The second kappa shape index (κ2) is 4.92. The van der Waals surface area contributed by atoms with E-state index in [9.17, 15) is 4.79 Å². The van der Waals surface area contributed by atoms with Gasteiger partial charge in [-0.1, -0.05) is 51.6 Å². The third-order valence-corrected chi connectivity index (χ3v) is 2.78. The molecule has 0 spiro atoms. The highest BCUT2D eigenvalue weighted by molar-refractivity contribution is 5.74. The normalized spacial score (nSPS) is 12.5. The third-order valence-electron chi connectivity index (χ3n) is 2.78. The molecule has 0 heterocycles. The van der Waals surface area contributed by atoms with Crippen molar-refractivity contribution in [3.8, 4) is 0 Å². The molecule has 1 atom stereocenters. The molecule has 0 bridgehead atoms. The van der Waals surface area contributed by atoms with Crippen LogP contribution in [0.5, 0.6) is 0 Å². The Balaban J connectivity index is 2.99. The summed E-state index contributed by atoms with van der Waals surface area (Å²) in [6.07, 6.45) is 0.840. The number of allylic oxidation sites excluding steroid dienone is 1. The van der Waals surface area contributed by atoms with Crippen molar-refractivity contribution in [3.63, 3.8) is 0 Å². The zero-order chi connectivity index (χ0) is 11.4. The number of carbonyl (C=O) groups is 1. The SMILES string of the molecule is C=C(C=O)C(C)c1cccc(C(C)C)c1. The molecule has 0 fully saturated rings. The smallest absolute Gasteiger partial charge is 0.146 e. The van der Waals surface area contributed by atoms with Gasteiger partial charge in [-0.15, -0.1) is 0 Å². The summed E-state index contributed by atoms with van der Waals surface area (Å²) in [7, 11) is 0. The maximum Gasteiger partial charge on any atom is 0.146 e. The minimum Gasteiger partial charge on any atom is -0.298 e. The Hall–Kier alpha value is -1.37. The van der Waals surface area contributed by atoms with E-state index < -0.39 is 0 Å². The van der Waals surface area contributed by atoms with Crippen molar-refractivity contribution in [2.45, 2.75) is 32.6 Å². The molecule has 1 aromatic carbocycles. The predicted molar refractivity (Wildman–Crippen MR) is 64.2 cm³/mol. The van der Waals surface area contributed by atoms with Crippen molar-refractivity contribution in [2.75, 3.05) is 0 Å². The Kier molecular flexibility index (Phi) is 3.84. The maximum atomic E-state index is 10.6. The predicted octanol–water partition coefficient (Wildman–Crippen LogP) is 3.67. The van der Waals surface area contributed by atoms with Gasteiger partial charge >= 0.3 is 0 Å². The molecule has 1 unspecified atom stereocenters. The van der Waals surface area contributed by atoms with Crippen LogP contribution in [-0.2, 0) is 4.79 Å². The second-order valence-corrected chi connectivity index (χ2v) is 4.24. The van der Waals surface area contributed by atoms with Crippen molar-refractivity contribution < 1.29 is 4.79 Å². The molecular formula is C14H18O. The number of carbonyl (C=O) groups excluding carboxylic acids is 1. The first-order chi connectivity index (χ1) is 7.06. The van der Waals surface area contributed by atoms with Gasteiger partial charge in [-0.25, -0.2) is 0 Å². The molecular weight excluding hydrogens is 184 g/mol. The van der Waals surface area contributed by atoms with Crippen LogP contribution in [-0.4, -0.2) is 6.29 Å². The largest absolute Gasteiger partial charge is 0.298 e. The van der Waals surface area contributed by atoms with Gasteiger partial charge in [-0.05, 0) is 22.6 Å². The Morgan fingerprint density at radius 3 is 2.40 bits per heavy atom. The van der Waals surface area contributed by atoms with Crippen LogP contribution in [0.1, 0.15) is 43.7 Å². The van der Waals surface area contributed by atoms with Crippen molar-refractivity contribution in [2.24, 2.45) is 0 Å². The lowest BCUT2D eigenvalue weighted by Crippen LogP contribution is -1.99. The zero-order valence-corrected chi connectivity index (χ0v) is 9.66. The Bertz CT molecular complexity index is 363. The van der Waals surface area contributed by atoms with E-state index in [-0.39, 0.29) is 5.92 Å². The van der Waals surface area contributed by atoms with Crippen LogP contribution in [0.15, 0.2) is 36.4 Å². The van der Waals surface area contributed by atoms with E-state index in [2.05, 4.69) is 32.6 Å². The van der Waals surface area contributed by atoms with E-state index in [4.69, 9.17) is 0 Å². The van der Waals surface area contributed by atoms with Crippen LogP contribution in [0.25, 0.3) is 0 Å². The first kappa shape index (κ1) is 11.7. The van der Waals surface area contributed by atoms with Crippen LogP contribution in [0.3, 0.4) is 0 Å². The van der Waals surface area contributed by atoms with Crippen LogP contribution in [0.2, 0.25) is 0 Å². The van der Waals surface area contributed by atoms with Crippen molar-refractivity contribution >= 4 is 6.29 Å². The number of rotatable bonds is 4. The lowest BCUT2D eigenvalue weighted by Gasteiger charge is -2.13. The van der Waals surface area contributed by atoms with Gasteiger partial charge in [0.1, 0.15) is 6.29 Å². The second-order valence-electron chi connectivity index (χ2n) is 4.24. The summed E-state index contributed by atoms with van der Waals surface area (Å²) in [5, 5.41) is 0. The lowest BCUT2D eigenvalue weighted by molar-refractivity contribution is -0.105. The van der Waals surface area contributed by atoms with Gasteiger partial charge in [0.25, 0.3) is 0 Å². The molecule has 0 aliphatic heterocycles. The summed E-state index contributed by atoms with van der Waals surface area (Å²) in [6, 6.07) is 8.36. The van der Waals surface area contributed by atoms with Gasteiger partial charge in [0.05, 0.1) is 0 Å². The summed E-state index contributed by atoms with van der Waals surface area (Å²) < 4.78 is 0. The van der Waals surface area contributed by atoms with E-state index in [1.165, 1.54) is 11.1 Å². The first-order valence-corrected chi connectivity index (χ1v) is 5.30. The molecule has 0 saturated heterocycles.